The van der Waals surface area contributed by atoms with Gasteiger partial charge < -0.3 is 17.7 Å². The normalized spacial score (nSPS) is 12.1. The largest absolute Gasteiger partial charge is 0.455 e. The molecule has 130 heavy (non-hydrogen) atoms. The summed E-state index contributed by atoms with van der Waals surface area (Å²) >= 11 is 0. The van der Waals surface area contributed by atoms with Crippen LogP contribution in [0.5, 0.6) is 0 Å². The molecule has 0 aliphatic heterocycles. The predicted octanol–water partition coefficient (Wildman–Crippen LogP) is 32.3. The van der Waals surface area contributed by atoms with Gasteiger partial charge in [-0.1, -0.05) is 443 Å². The number of furan rings is 4. The summed E-state index contributed by atoms with van der Waals surface area (Å²) in [5.74, 6) is 3.35. The number of nitrogens with zero attached hydrogens (tertiary/aromatic N) is 6. The topological polar surface area (TPSA) is 130 Å². The molecule has 6 heterocycles. The van der Waals surface area contributed by atoms with Crippen molar-refractivity contribution in [3.63, 3.8) is 0 Å². The minimum Gasteiger partial charge on any atom is -0.455 e. The first-order chi connectivity index (χ1) is 66.5. The molecule has 0 aliphatic carbocycles. The van der Waals surface area contributed by atoms with Gasteiger partial charge in [-0.05, 0) is 61.7 Å². The molecule has 25 rings (SSSR count). The van der Waals surface area contributed by atoms with Crippen molar-refractivity contribution in [2.75, 3.05) is 0 Å². The second-order valence-corrected chi connectivity index (χ2v) is 32.2. The molecule has 0 radical (unpaired) electrons. The van der Waals surface area contributed by atoms with Gasteiger partial charge in [-0.25, -0.2) is 29.9 Å². The Morgan fingerprint density at radius 1 is 0.138 bits per heavy atom. The van der Waals surface area contributed by atoms with Crippen LogP contribution in [0.4, 0.5) is 0 Å². The molecule has 0 bridgehead atoms. The van der Waals surface area contributed by atoms with Gasteiger partial charge >= 0.3 is 0 Å². The van der Waals surface area contributed by atoms with Crippen LogP contribution in [-0.2, 0) is 0 Å². The number of hydrogen-bond acceptors (Lipinski definition) is 10. The molecular weight excluding hydrogens is 1590 g/mol. The lowest BCUT2D eigenvalue weighted by molar-refractivity contribution is 0.670. The van der Waals surface area contributed by atoms with Gasteiger partial charge in [0.1, 0.15) is 44.7 Å². The fourth-order valence-corrected chi connectivity index (χ4v) is 18.2. The minimum atomic E-state index is -0.442. The van der Waals surface area contributed by atoms with E-state index >= 15 is 0 Å². The van der Waals surface area contributed by atoms with E-state index < -0.39 is 18.1 Å². The third-order valence-corrected chi connectivity index (χ3v) is 24.5. The molecule has 608 valence electrons. The first-order valence-electron chi connectivity index (χ1n) is 45.7. The number of aromatic nitrogens is 6. The van der Waals surface area contributed by atoms with Gasteiger partial charge in [-0.2, -0.15) is 0 Å². The predicted molar refractivity (Wildman–Crippen MR) is 530 cm³/mol. The molecule has 6 aromatic heterocycles. The third kappa shape index (κ3) is 13.8. The van der Waals surface area contributed by atoms with E-state index in [-0.39, 0.29) is 17.6 Å². The zero-order valence-electron chi connectivity index (χ0n) is 74.7. The summed E-state index contributed by atoms with van der Waals surface area (Å²) in [6.07, 6.45) is 0. The Bertz CT molecular complexity index is 8930. The highest BCUT2D eigenvalue weighted by molar-refractivity contribution is 6.17. The Morgan fingerprint density at radius 2 is 0.331 bits per heavy atom. The molecule has 0 amide bonds. The van der Waals surface area contributed by atoms with Gasteiger partial charge in [0.15, 0.2) is 34.9 Å². The smallest absolute Gasteiger partial charge is 0.164 e. The summed E-state index contributed by atoms with van der Waals surface area (Å²) in [6, 6.07) is 141. The maximum absolute atomic E-state index is 8.69. The Hall–Kier alpha value is -17.6. The molecular formula is C120H74N6O4. The van der Waals surface area contributed by atoms with Crippen molar-refractivity contribution < 1.29 is 24.5 Å². The summed E-state index contributed by atoms with van der Waals surface area (Å²) in [6.45, 7) is 0. The van der Waals surface area contributed by atoms with Gasteiger partial charge in [-0.3, -0.25) is 0 Å². The molecule has 0 spiro atoms. The van der Waals surface area contributed by atoms with Gasteiger partial charge in [0.05, 0.1) is 6.85 Å². The Balaban J connectivity index is 0.000000148. The van der Waals surface area contributed by atoms with Gasteiger partial charge in [-0.15, -0.1) is 0 Å². The molecule has 0 fully saturated rings. The van der Waals surface area contributed by atoms with Crippen molar-refractivity contribution in [1.29, 1.82) is 0 Å². The molecule has 0 aliphatic rings. The first kappa shape index (κ1) is 70.8. The van der Waals surface area contributed by atoms with Crippen LogP contribution in [0, 0.1) is 0 Å². The van der Waals surface area contributed by atoms with Crippen molar-refractivity contribution in [1.82, 2.24) is 29.9 Å². The van der Waals surface area contributed by atoms with Crippen LogP contribution in [-0.4, -0.2) is 29.9 Å². The maximum atomic E-state index is 8.69. The monoisotopic (exact) mass is 1670 g/mol. The number of fused-ring (bicyclic) bond motifs is 12. The second-order valence-electron chi connectivity index (χ2n) is 32.2. The highest BCUT2D eigenvalue weighted by atomic mass is 16.3. The number of rotatable bonds is 15. The number of hydrogen-bond donors (Lipinski definition) is 0. The van der Waals surface area contributed by atoms with Crippen LogP contribution in [0.15, 0.2) is 466 Å². The number of benzene rings is 19. The van der Waals surface area contributed by atoms with Crippen molar-refractivity contribution in [2.24, 2.45) is 0 Å². The van der Waals surface area contributed by atoms with E-state index in [1.807, 2.05) is 152 Å². The molecule has 25 aromatic rings. The summed E-state index contributed by atoms with van der Waals surface area (Å²) in [5, 5.41) is 8.07. The highest BCUT2D eigenvalue weighted by Gasteiger charge is 2.25. The van der Waals surface area contributed by atoms with Crippen molar-refractivity contribution in [2.45, 2.75) is 0 Å². The Labute approximate surface area is 754 Å². The third-order valence-electron chi connectivity index (χ3n) is 24.5. The molecule has 10 nitrogen and oxygen atoms in total. The van der Waals surface area contributed by atoms with Crippen molar-refractivity contribution >= 4 is 87.8 Å². The lowest BCUT2D eigenvalue weighted by Gasteiger charge is -2.10. The van der Waals surface area contributed by atoms with Crippen molar-refractivity contribution in [3.05, 3.63) is 449 Å². The quantitative estimate of drug-likeness (QED) is 0.0978. The average molecular weight is 1670 g/mol. The highest BCUT2D eigenvalue weighted by Crippen LogP contribution is 2.48. The SMILES string of the molecule is [2H]c1c([2H])c([2H])c(-c2cccc3c2oc2c(-c4cccc(-c5nc(-c6ccccc6)nc(-c6ccc(-c7cccc8c7oc7c(-c9ccccc9)cccc78)cc6)n5)c4)cccc23)c([2H])c1[2H].c1ccc(-c2nc(-c3ccc(-c4cccc5c4oc4c(-c6ccccc6)cccc45)cc3)nc(-c3ccc(-c4cccc5c4oc4c(-c6ccccc6-c6ccccc6)cccc45)cc3)n2)cc1. The Morgan fingerprint density at radius 3 is 0.646 bits per heavy atom. The maximum Gasteiger partial charge on any atom is 0.164 e. The van der Waals surface area contributed by atoms with Gasteiger partial charge in [0.25, 0.3) is 0 Å². The van der Waals surface area contributed by atoms with Crippen LogP contribution in [0.3, 0.4) is 0 Å². The van der Waals surface area contributed by atoms with E-state index in [4.69, 9.17) is 54.4 Å². The van der Waals surface area contributed by atoms with E-state index in [1.54, 1.807) is 6.07 Å². The van der Waals surface area contributed by atoms with Crippen LogP contribution >= 0.6 is 0 Å². The van der Waals surface area contributed by atoms with Crippen LogP contribution in [0.2, 0.25) is 0 Å². The molecule has 0 unspecified atom stereocenters. The summed E-state index contributed by atoms with van der Waals surface area (Å²) < 4.78 is 69.2. The molecule has 10 heteroatoms. The van der Waals surface area contributed by atoms with E-state index in [0.29, 0.717) is 51.7 Å². The first-order valence-corrected chi connectivity index (χ1v) is 43.2. The van der Waals surface area contributed by atoms with Gasteiger partial charge in [0.2, 0.25) is 0 Å². The fourth-order valence-electron chi connectivity index (χ4n) is 18.2. The zero-order chi connectivity index (χ0) is 90.3. The molecule has 0 saturated carbocycles. The van der Waals surface area contributed by atoms with Gasteiger partial charge in [0, 0.05) is 121 Å². The lowest BCUT2D eigenvalue weighted by Crippen LogP contribution is -2.00. The summed E-state index contributed by atoms with van der Waals surface area (Å²) in [7, 11) is 0. The average Bonchev–Trinajstić information content (AvgIpc) is 1.56. The minimum absolute atomic E-state index is 0.0925. The zero-order valence-corrected chi connectivity index (χ0v) is 69.7. The van der Waals surface area contributed by atoms with Crippen molar-refractivity contribution in [3.8, 4) is 168 Å². The standard InChI is InChI=1S/C63H39N3O2.C57H35N3O2/c1-4-16-40(17-5-1)47-22-10-11-23-51(47)52-27-15-31-56-55-30-14-26-50(59(55)68-60(52)56)43-34-38-46(39-35-43)63-65-61(44-20-8-3-9-21-44)64-62(66-63)45-36-32-42(33-37-45)49-25-13-29-54-53-28-12-24-48(57(53)67-58(49)54)41-18-6-2-7-19-41;1-4-15-36(16-5-1)43-23-11-27-47-48-29-13-25-45(53(48)61-51(43)47)38-31-33-40(34-32-38)56-58-55(39-19-8-3-9-20-39)59-57(60-56)42-22-10-21-41(35-42)46-26-14-30-50-49-28-12-24-44(52(49)62-54(46)50)37-17-6-2-7-18-37/h1-39H;1-35H/i;2D,6D,7D,17D,18D. The molecule has 19 aromatic carbocycles. The van der Waals surface area contributed by atoms with E-state index in [2.05, 4.69) is 261 Å². The summed E-state index contributed by atoms with van der Waals surface area (Å²) in [5.41, 5.74) is 28.5. The molecule has 0 saturated heterocycles. The van der Waals surface area contributed by atoms with E-state index in [9.17, 15) is 0 Å². The Kier molecular flexibility index (Phi) is 17.7. The second kappa shape index (κ2) is 32.5. The van der Waals surface area contributed by atoms with Crippen LogP contribution < -0.4 is 0 Å². The fraction of sp³-hybridized carbons (Fsp3) is 0. The van der Waals surface area contributed by atoms with Crippen LogP contribution in [0.1, 0.15) is 6.85 Å². The lowest BCUT2D eigenvalue weighted by atomic mass is 9.93. The molecule has 0 atom stereocenters. The summed E-state index contributed by atoms with van der Waals surface area (Å²) in [4.78, 5) is 30.3. The van der Waals surface area contributed by atoms with E-state index in [0.717, 1.165) is 188 Å². The molecule has 0 N–H and O–H groups in total. The van der Waals surface area contributed by atoms with E-state index in [1.165, 1.54) is 11.1 Å². The number of para-hydroxylation sites is 8. The van der Waals surface area contributed by atoms with Crippen LogP contribution in [0.25, 0.3) is 256 Å².